The molecule has 0 spiro atoms. The van der Waals surface area contributed by atoms with E-state index >= 15 is 0 Å². The van der Waals surface area contributed by atoms with Crippen LogP contribution in [0.2, 0.25) is 0 Å². The SMILES string of the molecule is C1=Cc2c3c(n(-c4ccccc4)c2CC1)N(c1ccc(N(c2ccc(-c4ccccc4-c4ccccc4)cc2)c2ccc4c(c2)oc2ccccc24)cc1)c1ccccc1S3. The average molecular weight is 802 g/mol. The van der Waals surface area contributed by atoms with Gasteiger partial charge in [-0.1, -0.05) is 139 Å². The maximum atomic E-state index is 6.45. The molecule has 0 fully saturated rings. The molecule has 0 atom stereocenters. The highest BCUT2D eigenvalue weighted by Gasteiger charge is 2.34. The Morgan fingerprint density at radius 1 is 0.508 bits per heavy atom. The molecule has 1 aliphatic carbocycles. The van der Waals surface area contributed by atoms with Gasteiger partial charge in [0.05, 0.1) is 10.6 Å². The van der Waals surface area contributed by atoms with Crippen LogP contribution in [0.1, 0.15) is 17.7 Å². The van der Waals surface area contributed by atoms with Crippen molar-refractivity contribution >= 4 is 74.0 Å². The number of furan rings is 1. The first-order valence-corrected chi connectivity index (χ1v) is 21.7. The van der Waals surface area contributed by atoms with E-state index in [9.17, 15) is 0 Å². The highest BCUT2D eigenvalue weighted by molar-refractivity contribution is 7.99. The number of rotatable bonds is 7. The Balaban J connectivity index is 0.996. The first-order valence-electron chi connectivity index (χ1n) is 20.9. The number of para-hydroxylation sites is 3. The van der Waals surface area contributed by atoms with Crippen molar-refractivity contribution in [2.24, 2.45) is 0 Å². The number of hydrogen-bond acceptors (Lipinski definition) is 4. The predicted molar refractivity (Wildman–Crippen MR) is 255 cm³/mol. The molecule has 5 heteroatoms. The van der Waals surface area contributed by atoms with E-state index in [1.54, 1.807) is 0 Å². The third kappa shape index (κ3) is 6.00. The van der Waals surface area contributed by atoms with Crippen LogP contribution in [0, 0.1) is 0 Å². The minimum absolute atomic E-state index is 0.864. The van der Waals surface area contributed by atoms with Gasteiger partial charge >= 0.3 is 0 Å². The lowest BCUT2D eigenvalue weighted by Crippen LogP contribution is -2.18. The first kappa shape index (κ1) is 35.5. The summed E-state index contributed by atoms with van der Waals surface area (Å²) in [4.78, 5) is 7.35. The van der Waals surface area contributed by atoms with E-state index < -0.39 is 0 Å². The van der Waals surface area contributed by atoms with Crippen LogP contribution in [0.25, 0.3) is 56.0 Å². The lowest BCUT2D eigenvalue weighted by Gasteiger charge is -2.33. The van der Waals surface area contributed by atoms with Gasteiger partial charge in [0, 0.05) is 61.4 Å². The number of allylic oxidation sites excluding steroid dienone is 1. The van der Waals surface area contributed by atoms with Gasteiger partial charge in [0.25, 0.3) is 0 Å². The van der Waals surface area contributed by atoms with E-state index in [-0.39, 0.29) is 0 Å². The Labute approximate surface area is 359 Å². The topological polar surface area (TPSA) is 24.6 Å². The van der Waals surface area contributed by atoms with Gasteiger partial charge in [0.15, 0.2) is 0 Å². The quantitative estimate of drug-likeness (QED) is 0.160. The maximum Gasteiger partial charge on any atom is 0.137 e. The van der Waals surface area contributed by atoms with E-state index in [2.05, 4.69) is 215 Å². The third-order valence-electron chi connectivity index (χ3n) is 12.1. The molecule has 2 aromatic heterocycles. The van der Waals surface area contributed by atoms with Crippen molar-refractivity contribution < 1.29 is 4.42 Å². The van der Waals surface area contributed by atoms with E-state index in [1.165, 1.54) is 60.5 Å². The number of fused-ring (bicyclic) bond motifs is 7. The highest BCUT2D eigenvalue weighted by atomic mass is 32.2. The normalized spacial score (nSPS) is 13.0. The third-order valence-corrected chi connectivity index (χ3v) is 13.2. The summed E-state index contributed by atoms with van der Waals surface area (Å²) in [6.45, 7) is 0. The van der Waals surface area contributed by atoms with E-state index in [4.69, 9.17) is 4.42 Å². The van der Waals surface area contributed by atoms with E-state index in [0.717, 1.165) is 57.5 Å². The summed E-state index contributed by atoms with van der Waals surface area (Å²) in [5.41, 5.74) is 15.8. The van der Waals surface area contributed by atoms with Gasteiger partial charge in [0.1, 0.15) is 17.0 Å². The van der Waals surface area contributed by atoms with Crippen molar-refractivity contribution in [2.45, 2.75) is 22.6 Å². The zero-order valence-electron chi connectivity index (χ0n) is 33.3. The Morgan fingerprint density at radius 3 is 1.92 bits per heavy atom. The summed E-state index contributed by atoms with van der Waals surface area (Å²) < 4.78 is 8.95. The van der Waals surface area contributed by atoms with Crippen molar-refractivity contribution in [1.29, 1.82) is 0 Å². The number of aromatic nitrogens is 1. The van der Waals surface area contributed by atoms with Crippen LogP contribution in [0.5, 0.6) is 0 Å². The molecule has 12 rings (SSSR count). The molecule has 0 amide bonds. The molecule has 0 bridgehead atoms. The molecule has 2 aliphatic rings. The van der Waals surface area contributed by atoms with Crippen LogP contribution in [-0.2, 0) is 6.42 Å². The first-order chi connectivity index (χ1) is 30.3. The van der Waals surface area contributed by atoms with Crippen LogP contribution < -0.4 is 9.80 Å². The largest absolute Gasteiger partial charge is 0.456 e. The molecular weight excluding hydrogens is 763 g/mol. The standard InChI is InChI=1S/C56H39N3OS/c1-3-15-38(16-4-1)45-19-7-8-20-46(45)39-27-29-41(30-28-39)57(44-35-36-48-47-21-10-13-25-52(47)60-53(48)37-44)42-31-33-43(34-32-42)59-51-24-12-14-26-54(51)61-55-49-22-9-11-23-50(49)58(56(55)59)40-17-5-2-6-18-40/h1-10,12-22,24-37H,11,23H2. The Bertz CT molecular complexity index is 3270. The second kappa shape index (κ2) is 14.7. The fourth-order valence-electron chi connectivity index (χ4n) is 9.26. The summed E-state index contributed by atoms with van der Waals surface area (Å²) >= 11 is 1.88. The van der Waals surface area contributed by atoms with Crippen LogP contribution in [0.4, 0.5) is 34.3 Å². The molecule has 10 aromatic rings. The van der Waals surface area contributed by atoms with Gasteiger partial charge in [0.2, 0.25) is 0 Å². The Morgan fingerprint density at radius 2 is 1.13 bits per heavy atom. The summed E-state index contributed by atoms with van der Waals surface area (Å²) in [5.74, 6) is 1.19. The summed E-state index contributed by atoms with van der Waals surface area (Å²) in [7, 11) is 0. The summed E-state index contributed by atoms with van der Waals surface area (Å²) in [6.07, 6.45) is 6.69. The molecule has 0 unspecified atom stereocenters. The fraction of sp³-hybridized carbons (Fsp3) is 0.0357. The van der Waals surface area contributed by atoms with Crippen molar-refractivity contribution in [3.63, 3.8) is 0 Å². The lowest BCUT2D eigenvalue weighted by atomic mass is 9.94. The van der Waals surface area contributed by atoms with Crippen molar-refractivity contribution in [3.05, 3.63) is 218 Å². The van der Waals surface area contributed by atoms with E-state index in [0.29, 0.717) is 0 Å². The molecule has 0 radical (unpaired) electrons. The zero-order valence-corrected chi connectivity index (χ0v) is 34.1. The average Bonchev–Trinajstić information content (AvgIpc) is 3.87. The van der Waals surface area contributed by atoms with Gasteiger partial charge < -0.3 is 9.32 Å². The smallest absolute Gasteiger partial charge is 0.137 e. The van der Waals surface area contributed by atoms with Gasteiger partial charge in [-0.05, 0) is 114 Å². The maximum absolute atomic E-state index is 6.45. The number of anilines is 6. The van der Waals surface area contributed by atoms with Gasteiger partial charge in [-0.25, -0.2) is 0 Å². The molecule has 61 heavy (non-hydrogen) atoms. The number of benzene rings is 8. The van der Waals surface area contributed by atoms with Gasteiger partial charge in [-0.15, -0.1) is 0 Å². The van der Waals surface area contributed by atoms with Crippen LogP contribution >= 0.6 is 11.8 Å². The summed E-state index contributed by atoms with van der Waals surface area (Å²) in [6, 6.07) is 71.8. The number of hydrogen-bond donors (Lipinski definition) is 0. The Hall–Kier alpha value is -7.47. The second-order valence-corrected chi connectivity index (χ2v) is 16.7. The monoisotopic (exact) mass is 801 g/mol. The van der Waals surface area contributed by atoms with Crippen molar-refractivity contribution in [1.82, 2.24) is 4.57 Å². The van der Waals surface area contributed by atoms with Crippen molar-refractivity contribution in [3.8, 4) is 27.9 Å². The molecule has 1 aliphatic heterocycles. The van der Waals surface area contributed by atoms with Gasteiger partial charge in [-0.3, -0.25) is 9.47 Å². The molecule has 8 aromatic carbocycles. The second-order valence-electron chi connectivity index (χ2n) is 15.6. The fourth-order valence-corrected chi connectivity index (χ4v) is 10.5. The minimum Gasteiger partial charge on any atom is -0.456 e. The molecule has 0 N–H and O–H groups in total. The Kier molecular flexibility index (Phi) is 8.53. The summed E-state index contributed by atoms with van der Waals surface area (Å²) in [5, 5.41) is 2.23. The lowest BCUT2D eigenvalue weighted by molar-refractivity contribution is 0.669. The van der Waals surface area contributed by atoms with Crippen LogP contribution in [0.15, 0.2) is 220 Å². The van der Waals surface area contributed by atoms with Gasteiger partial charge in [-0.2, -0.15) is 0 Å². The zero-order chi connectivity index (χ0) is 40.3. The molecular formula is C56H39N3OS. The molecule has 3 heterocycles. The van der Waals surface area contributed by atoms with Crippen LogP contribution in [-0.4, -0.2) is 4.57 Å². The predicted octanol–water partition coefficient (Wildman–Crippen LogP) is 16.1. The van der Waals surface area contributed by atoms with E-state index in [1.807, 2.05) is 23.9 Å². The van der Waals surface area contributed by atoms with Crippen LogP contribution in [0.3, 0.4) is 0 Å². The minimum atomic E-state index is 0.864. The molecule has 0 saturated heterocycles. The molecule has 4 nitrogen and oxygen atoms in total. The molecule has 290 valence electrons. The highest BCUT2D eigenvalue weighted by Crippen LogP contribution is 2.56. The number of nitrogens with zero attached hydrogens (tertiary/aromatic N) is 3. The van der Waals surface area contributed by atoms with Crippen molar-refractivity contribution in [2.75, 3.05) is 9.80 Å². The molecule has 0 saturated carbocycles.